The summed E-state index contributed by atoms with van der Waals surface area (Å²) in [5, 5.41) is 0. The van der Waals surface area contributed by atoms with Gasteiger partial charge in [-0.25, -0.2) is 0 Å². The van der Waals surface area contributed by atoms with Crippen LogP contribution in [-0.4, -0.2) is 5.78 Å². The second-order valence-electron chi connectivity index (χ2n) is 11.0. The van der Waals surface area contributed by atoms with E-state index in [1.165, 1.54) is 51.4 Å². The molecule has 0 aromatic heterocycles. The molecule has 136 valence electrons. The van der Waals surface area contributed by atoms with E-state index in [1.54, 1.807) is 0 Å². The summed E-state index contributed by atoms with van der Waals surface area (Å²) in [7, 11) is 0. The number of ketones is 1. The van der Waals surface area contributed by atoms with Gasteiger partial charge in [-0.1, -0.05) is 27.7 Å². The third-order valence-corrected chi connectivity index (χ3v) is 9.57. The van der Waals surface area contributed by atoms with Gasteiger partial charge in [0.25, 0.3) is 0 Å². The van der Waals surface area contributed by atoms with E-state index in [2.05, 4.69) is 27.7 Å². The molecule has 4 aliphatic carbocycles. The van der Waals surface area contributed by atoms with Gasteiger partial charge in [-0.2, -0.15) is 0 Å². The first-order valence-corrected chi connectivity index (χ1v) is 10.8. The Morgan fingerprint density at radius 2 is 1.17 bits per heavy atom. The first kappa shape index (κ1) is 17.1. The minimum absolute atomic E-state index is 0.496. The van der Waals surface area contributed by atoms with Gasteiger partial charge in [0, 0.05) is 12.8 Å². The van der Waals surface area contributed by atoms with Crippen LogP contribution in [0.4, 0.5) is 0 Å². The van der Waals surface area contributed by atoms with E-state index >= 15 is 0 Å². The Hall–Kier alpha value is -0.330. The van der Waals surface area contributed by atoms with Crippen LogP contribution in [-0.2, 0) is 4.79 Å². The average Bonchev–Trinajstić information content (AvgIpc) is 3.23. The molecular weight excluding hydrogens is 292 g/mol. The van der Waals surface area contributed by atoms with Gasteiger partial charge in [-0.05, 0) is 97.7 Å². The Morgan fingerprint density at radius 3 is 1.50 bits per heavy atom. The predicted octanol–water partition coefficient (Wildman–Crippen LogP) is 6.26. The molecule has 0 N–H and O–H groups in total. The molecule has 4 rings (SSSR count). The molecule has 0 saturated heterocycles. The molecule has 6 unspecified atom stereocenters. The fourth-order valence-corrected chi connectivity index (χ4v) is 7.91. The first-order chi connectivity index (χ1) is 11.3. The van der Waals surface area contributed by atoms with E-state index in [9.17, 15) is 4.79 Å². The van der Waals surface area contributed by atoms with Gasteiger partial charge in [0.05, 0.1) is 0 Å². The lowest BCUT2D eigenvalue weighted by molar-refractivity contribution is -0.120. The van der Waals surface area contributed by atoms with Gasteiger partial charge >= 0.3 is 0 Å². The lowest BCUT2D eigenvalue weighted by Gasteiger charge is -2.39. The zero-order valence-corrected chi connectivity index (χ0v) is 16.4. The van der Waals surface area contributed by atoms with Gasteiger partial charge in [-0.15, -0.1) is 0 Å². The monoisotopic (exact) mass is 330 g/mol. The Balaban J connectivity index is 1.26. The zero-order valence-electron chi connectivity index (χ0n) is 16.4. The molecule has 0 aromatic rings. The van der Waals surface area contributed by atoms with E-state index < -0.39 is 0 Å². The fourth-order valence-electron chi connectivity index (χ4n) is 7.91. The Kier molecular flexibility index (Phi) is 4.17. The highest BCUT2D eigenvalue weighted by molar-refractivity contribution is 5.78. The topological polar surface area (TPSA) is 17.1 Å². The van der Waals surface area contributed by atoms with E-state index in [4.69, 9.17) is 0 Å². The van der Waals surface area contributed by atoms with E-state index in [0.29, 0.717) is 16.6 Å². The molecule has 1 nitrogen and oxygen atoms in total. The summed E-state index contributed by atoms with van der Waals surface area (Å²) in [4.78, 5) is 12.6. The first-order valence-electron chi connectivity index (χ1n) is 10.8. The molecule has 6 atom stereocenters. The summed E-state index contributed by atoms with van der Waals surface area (Å²) in [6, 6.07) is 0. The predicted molar refractivity (Wildman–Crippen MR) is 99.7 cm³/mol. The van der Waals surface area contributed by atoms with Crippen molar-refractivity contribution in [1.82, 2.24) is 0 Å². The summed E-state index contributed by atoms with van der Waals surface area (Å²) in [5.41, 5.74) is 0.992. The Morgan fingerprint density at radius 1 is 0.750 bits per heavy atom. The number of rotatable bonds is 6. The summed E-state index contributed by atoms with van der Waals surface area (Å²) in [6.07, 6.45) is 12.7. The maximum absolute atomic E-state index is 12.6. The van der Waals surface area contributed by atoms with Crippen LogP contribution in [0.25, 0.3) is 0 Å². The van der Waals surface area contributed by atoms with Crippen LogP contribution < -0.4 is 0 Å². The fraction of sp³-hybridized carbons (Fsp3) is 0.957. The van der Waals surface area contributed by atoms with Gasteiger partial charge in [0.1, 0.15) is 5.78 Å². The highest BCUT2D eigenvalue weighted by Gasteiger charge is 2.53. The summed E-state index contributed by atoms with van der Waals surface area (Å²) in [6.45, 7) is 9.90. The molecule has 4 fully saturated rings. The van der Waals surface area contributed by atoms with Crippen LogP contribution in [0, 0.1) is 46.3 Å². The smallest absolute Gasteiger partial charge is 0.132 e. The molecule has 4 aliphatic rings. The standard InChI is InChI=1S/C23H38O/c1-22(2)17-7-5-15(13-17)20(22)11-9-19(24)10-12-21-16-6-8-18(14-16)23(21,3)4/h15-18,20-21H,5-14H2,1-4H3. The molecule has 0 amide bonds. The van der Waals surface area contributed by atoms with Gasteiger partial charge in [0.2, 0.25) is 0 Å². The van der Waals surface area contributed by atoms with Gasteiger partial charge in [0.15, 0.2) is 0 Å². The van der Waals surface area contributed by atoms with E-state index in [1.807, 2.05) is 0 Å². The molecule has 4 bridgehead atoms. The number of carbonyl (C=O) groups excluding carboxylic acids is 1. The van der Waals surface area contributed by atoms with E-state index in [0.717, 1.165) is 48.3 Å². The van der Waals surface area contributed by atoms with Crippen LogP contribution in [0.5, 0.6) is 0 Å². The lowest BCUT2D eigenvalue weighted by atomic mass is 9.66. The second kappa shape index (κ2) is 5.85. The quantitative estimate of drug-likeness (QED) is 0.561. The molecule has 0 aliphatic heterocycles. The number of carbonyl (C=O) groups is 1. The highest BCUT2D eigenvalue weighted by atomic mass is 16.1. The average molecular weight is 331 g/mol. The molecular formula is C23H38O. The number of fused-ring (bicyclic) bond motifs is 4. The maximum atomic E-state index is 12.6. The molecule has 0 heterocycles. The van der Waals surface area contributed by atoms with Crippen molar-refractivity contribution in [2.75, 3.05) is 0 Å². The van der Waals surface area contributed by atoms with Crippen molar-refractivity contribution in [3.05, 3.63) is 0 Å². The number of hydrogen-bond donors (Lipinski definition) is 0. The SMILES string of the molecule is CC1(C)C2CCC(C2)C1CCC(=O)CCC1C2CCC(C2)C1(C)C. The van der Waals surface area contributed by atoms with Crippen molar-refractivity contribution in [2.24, 2.45) is 46.3 Å². The van der Waals surface area contributed by atoms with Crippen LogP contribution >= 0.6 is 0 Å². The van der Waals surface area contributed by atoms with Crippen molar-refractivity contribution in [1.29, 1.82) is 0 Å². The van der Waals surface area contributed by atoms with Crippen molar-refractivity contribution in [3.8, 4) is 0 Å². The molecule has 1 heteroatoms. The minimum Gasteiger partial charge on any atom is -0.300 e. The highest BCUT2D eigenvalue weighted by Crippen LogP contribution is 2.61. The normalized spacial score (nSPS) is 44.3. The van der Waals surface area contributed by atoms with Crippen molar-refractivity contribution < 1.29 is 4.79 Å². The van der Waals surface area contributed by atoms with Gasteiger partial charge < -0.3 is 0 Å². The van der Waals surface area contributed by atoms with Crippen molar-refractivity contribution in [3.63, 3.8) is 0 Å². The Labute approximate surface area is 149 Å². The van der Waals surface area contributed by atoms with Crippen molar-refractivity contribution >= 4 is 5.78 Å². The molecule has 4 saturated carbocycles. The van der Waals surface area contributed by atoms with Crippen LogP contribution in [0.3, 0.4) is 0 Å². The van der Waals surface area contributed by atoms with Crippen LogP contribution in [0.2, 0.25) is 0 Å². The summed E-state index contributed by atoms with van der Waals surface area (Å²) >= 11 is 0. The third kappa shape index (κ3) is 2.60. The van der Waals surface area contributed by atoms with Gasteiger partial charge in [-0.3, -0.25) is 4.79 Å². The summed E-state index contributed by atoms with van der Waals surface area (Å²) in [5.74, 6) is 5.95. The third-order valence-electron chi connectivity index (χ3n) is 9.57. The van der Waals surface area contributed by atoms with Crippen molar-refractivity contribution in [2.45, 2.75) is 91.9 Å². The second-order valence-corrected chi connectivity index (χ2v) is 11.0. The van der Waals surface area contributed by atoms with Crippen LogP contribution in [0.15, 0.2) is 0 Å². The minimum atomic E-state index is 0.496. The molecule has 0 radical (unpaired) electrons. The number of Topliss-reactive ketones (excluding diaryl/α,β-unsaturated/α-hetero) is 1. The molecule has 0 spiro atoms. The Bertz CT molecular complexity index is 458. The molecule has 0 aromatic carbocycles. The van der Waals surface area contributed by atoms with Crippen LogP contribution in [0.1, 0.15) is 91.9 Å². The largest absolute Gasteiger partial charge is 0.300 e. The van der Waals surface area contributed by atoms with E-state index in [-0.39, 0.29) is 0 Å². The lowest BCUT2D eigenvalue weighted by Crippen LogP contribution is -2.32. The maximum Gasteiger partial charge on any atom is 0.132 e. The zero-order chi connectivity index (χ0) is 17.1. The number of hydrogen-bond acceptors (Lipinski definition) is 1. The molecule has 24 heavy (non-hydrogen) atoms. The summed E-state index contributed by atoms with van der Waals surface area (Å²) < 4.78 is 0.